The largest absolute Gasteiger partial charge is 0.326 e. The molecule has 2 N–H and O–H groups in total. The first-order valence-electron chi connectivity index (χ1n) is 8.09. The molecule has 0 fully saturated rings. The van der Waals surface area contributed by atoms with Crippen LogP contribution in [0.25, 0.3) is 10.6 Å². The van der Waals surface area contributed by atoms with Gasteiger partial charge < -0.3 is 5.32 Å². The molecule has 0 atom stereocenters. The molecule has 0 unspecified atom stereocenters. The van der Waals surface area contributed by atoms with Gasteiger partial charge in [0.05, 0.1) is 10.6 Å². The average molecular weight is 403 g/mol. The first-order valence-corrected chi connectivity index (χ1v) is 10.4. The molecule has 9 heteroatoms. The molecule has 2 heterocycles. The number of pyridine rings is 1. The van der Waals surface area contributed by atoms with E-state index in [9.17, 15) is 13.2 Å². The Morgan fingerprint density at radius 1 is 1.19 bits per heavy atom. The van der Waals surface area contributed by atoms with E-state index in [0.717, 1.165) is 21.1 Å². The second kappa shape index (κ2) is 7.95. The zero-order chi connectivity index (χ0) is 19.4. The van der Waals surface area contributed by atoms with Crippen LogP contribution in [-0.4, -0.2) is 24.3 Å². The normalized spacial score (nSPS) is 11.3. The Labute approximate surface area is 161 Å². The highest BCUT2D eigenvalue weighted by Gasteiger charge is 2.16. The minimum atomic E-state index is -3.67. The maximum atomic E-state index is 12.5. The summed E-state index contributed by atoms with van der Waals surface area (Å²) in [6.07, 6.45) is 3.42. The van der Waals surface area contributed by atoms with Gasteiger partial charge in [0.2, 0.25) is 15.9 Å². The number of nitrogens with one attached hydrogen (secondary N) is 2. The van der Waals surface area contributed by atoms with Crippen molar-refractivity contribution < 1.29 is 13.2 Å². The lowest BCUT2D eigenvalue weighted by molar-refractivity contribution is -0.114. The summed E-state index contributed by atoms with van der Waals surface area (Å²) in [7, 11) is -3.67. The predicted molar refractivity (Wildman–Crippen MR) is 105 cm³/mol. The maximum absolute atomic E-state index is 12.5. The SMILES string of the molecule is CC(=O)Nc1ccc(S(=O)(=O)NCc2sc(-c3cccnc3)nc2C)cc1. The minimum Gasteiger partial charge on any atom is -0.326 e. The molecule has 7 nitrogen and oxygen atoms in total. The van der Waals surface area contributed by atoms with Crippen LogP contribution in [0.5, 0.6) is 0 Å². The van der Waals surface area contributed by atoms with Gasteiger partial charge in [-0.15, -0.1) is 11.3 Å². The Morgan fingerprint density at radius 3 is 2.56 bits per heavy atom. The number of nitrogens with zero attached hydrogens (tertiary/aromatic N) is 2. The maximum Gasteiger partial charge on any atom is 0.240 e. The van der Waals surface area contributed by atoms with Crippen LogP contribution in [-0.2, 0) is 21.4 Å². The smallest absolute Gasteiger partial charge is 0.240 e. The molecule has 0 saturated carbocycles. The second-order valence-corrected chi connectivity index (χ2v) is 8.65. The Bertz CT molecular complexity index is 1050. The minimum absolute atomic E-state index is 0.131. The van der Waals surface area contributed by atoms with Crippen molar-refractivity contribution in [2.75, 3.05) is 5.32 Å². The van der Waals surface area contributed by atoms with Crippen molar-refractivity contribution in [3.05, 3.63) is 59.4 Å². The molecule has 2 aromatic heterocycles. The number of carbonyl (C=O) groups is 1. The molecule has 1 aromatic carbocycles. The van der Waals surface area contributed by atoms with Crippen LogP contribution >= 0.6 is 11.3 Å². The zero-order valence-corrected chi connectivity index (χ0v) is 16.4. The third-order valence-electron chi connectivity index (χ3n) is 3.71. The van der Waals surface area contributed by atoms with E-state index in [1.54, 1.807) is 24.5 Å². The number of hydrogen-bond donors (Lipinski definition) is 2. The third kappa shape index (κ3) is 4.76. The van der Waals surface area contributed by atoms with Crippen molar-refractivity contribution >= 4 is 33.0 Å². The van der Waals surface area contributed by atoms with Gasteiger partial charge in [-0.2, -0.15) is 0 Å². The summed E-state index contributed by atoms with van der Waals surface area (Å²) < 4.78 is 27.6. The van der Waals surface area contributed by atoms with Crippen LogP contribution in [0.1, 0.15) is 17.5 Å². The van der Waals surface area contributed by atoms with Crippen molar-refractivity contribution in [2.45, 2.75) is 25.3 Å². The van der Waals surface area contributed by atoms with Crippen LogP contribution in [0.15, 0.2) is 53.7 Å². The number of amides is 1. The highest BCUT2D eigenvalue weighted by atomic mass is 32.2. The van der Waals surface area contributed by atoms with Gasteiger partial charge in [0.1, 0.15) is 5.01 Å². The van der Waals surface area contributed by atoms with Crippen molar-refractivity contribution in [3.63, 3.8) is 0 Å². The van der Waals surface area contributed by atoms with Gasteiger partial charge in [0.15, 0.2) is 0 Å². The van der Waals surface area contributed by atoms with Gasteiger partial charge in [0, 0.05) is 42.0 Å². The van der Waals surface area contributed by atoms with Crippen LogP contribution in [0, 0.1) is 6.92 Å². The fraction of sp³-hybridized carbons (Fsp3) is 0.167. The average Bonchev–Trinajstić information content (AvgIpc) is 3.02. The van der Waals surface area contributed by atoms with Crippen molar-refractivity contribution in [1.82, 2.24) is 14.7 Å². The molecule has 27 heavy (non-hydrogen) atoms. The summed E-state index contributed by atoms with van der Waals surface area (Å²) in [6, 6.07) is 9.75. The van der Waals surface area contributed by atoms with Gasteiger partial charge >= 0.3 is 0 Å². The van der Waals surface area contributed by atoms with Crippen LogP contribution in [0.2, 0.25) is 0 Å². The number of sulfonamides is 1. The summed E-state index contributed by atoms with van der Waals surface area (Å²) in [5.74, 6) is -0.214. The lowest BCUT2D eigenvalue weighted by atomic mass is 10.3. The van der Waals surface area contributed by atoms with Crippen molar-refractivity contribution in [3.8, 4) is 10.6 Å². The van der Waals surface area contributed by atoms with E-state index in [0.29, 0.717) is 5.69 Å². The summed E-state index contributed by atoms with van der Waals surface area (Å²) >= 11 is 1.43. The number of hydrogen-bond acceptors (Lipinski definition) is 6. The van der Waals surface area contributed by atoms with Crippen LogP contribution < -0.4 is 10.0 Å². The quantitative estimate of drug-likeness (QED) is 0.660. The van der Waals surface area contributed by atoms with E-state index in [2.05, 4.69) is 20.0 Å². The molecule has 0 aliphatic heterocycles. The molecule has 0 saturated heterocycles. The Morgan fingerprint density at radius 2 is 1.93 bits per heavy atom. The van der Waals surface area contributed by atoms with E-state index in [4.69, 9.17) is 0 Å². The van der Waals surface area contributed by atoms with E-state index in [-0.39, 0.29) is 17.3 Å². The fourth-order valence-corrected chi connectivity index (χ4v) is 4.45. The monoisotopic (exact) mass is 402 g/mol. The van der Waals surface area contributed by atoms with Crippen LogP contribution in [0.4, 0.5) is 5.69 Å². The number of aryl methyl sites for hydroxylation is 1. The van der Waals surface area contributed by atoms with Gasteiger partial charge in [-0.1, -0.05) is 0 Å². The van der Waals surface area contributed by atoms with Gasteiger partial charge in [-0.25, -0.2) is 18.1 Å². The first kappa shape index (κ1) is 19.2. The number of anilines is 1. The summed E-state index contributed by atoms with van der Waals surface area (Å²) in [4.78, 5) is 20.6. The lowest BCUT2D eigenvalue weighted by Gasteiger charge is -2.07. The number of rotatable bonds is 6. The van der Waals surface area contributed by atoms with E-state index >= 15 is 0 Å². The Hall–Kier alpha value is -2.62. The second-order valence-electron chi connectivity index (χ2n) is 5.80. The molecule has 1 amide bonds. The topological polar surface area (TPSA) is 101 Å². The van der Waals surface area contributed by atoms with E-state index in [1.165, 1.54) is 30.4 Å². The zero-order valence-electron chi connectivity index (χ0n) is 14.8. The van der Waals surface area contributed by atoms with Gasteiger partial charge in [0.25, 0.3) is 0 Å². The predicted octanol–water partition coefficient (Wildman–Crippen LogP) is 2.95. The third-order valence-corrected chi connectivity index (χ3v) is 6.33. The molecule has 0 aliphatic rings. The molecule has 3 aromatic rings. The van der Waals surface area contributed by atoms with Crippen LogP contribution in [0.3, 0.4) is 0 Å². The first-order chi connectivity index (χ1) is 12.8. The fourth-order valence-electron chi connectivity index (χ4n) is 2.37. The molecular weight excluding hydrogens is 384 g/mol. The Kier molecular flexibility index (Phi) is 5.64. The number of carbonyl (C=O) groups excluding carboxylic acids is 1. The van der Waals surface area contributed by atoms with E-state index in [1.807, 2.05) is 19.1 Å². The number of thiazole rings is 1. The van der Waals surface area contributed by atoms with Gasteiger partial charge in [-0.05, 0) is 43.3 Å². The number of aromatic nitrogens is 2. The van der Waals surface area contributed by atoms with Crippen molar-refractivity contribution in [1.29, 1.82) is 0 Å². The molecule has 3 rings (SSSR count). The lowest BCUT2D eigenvalue weighted by Crippen LogP contribution is -2.23. The molecule has 0 radical (unpaired) electrons. The Balaban J connectivity index is 1.72. The number of benzene rings is 1. The molecular formula is C18H18N4O3S2. The summed E-state index contributed by atoms with van der Waals surface area (Å²) in [6.45, 7) is 3.39. The summed E-state index contributed by atoms with van der Waals surface area (Å²) in [5, 5.41) is 3.40. The molecule has 0 bridgehead atoms. The molecule has 0 spiro atoms. The van der Waals surface area contributed by atoms with Crippen molar-refractivity contribution in [2.24, 2.45) is 0 Å². The molecule has 0 aliphatic carbocycles. The highest BCUT2D eigenvalue weighted by molar-refractivity contribution is 7.89. The summed E-state index contributed by atoms with van der Waals surface area (Å²) in [5.41, 5.74) is 2.22. The molecule has 140 valence electrons. The van der Waals surface area contributed by atoms with E-state index < -0.39 is 10.0 Å². The van der Waals surface area contributed by atoms with Gasteiger partial charge in [-0.3, -0.25) is 9.78 Å². The standard InChI is InChI=1S/C18H18N4O3S2/c1-12-17(26-18(21-12)14-4-3-9-19-10-14)11-20-27(24,25)16-7-5-15(6-8-16)22-13(2)23/h3-10,20H,11H2,1-2H3,(H,22,23). The highest BCUT2D eigenvalue weighted by Crippen LogP contribution is 2.27.